The molecule has 0 aromatic carbocycles. The Bertz CT molecular complexity index is 377. The first-order chi connectivity index (χ1) is 7.60. The van der Waals surface area contributed by atoms with Crippen molar-refractivity contribution in [2.24, 2.45) is 0 Å². The summed E-state index contributed by atoms with van der Waals surface area (Å²) >= 11 is 0. The van der Waals surface area contributed by atoms with Crippen molar-refractivity contribution in [3.8, 4) is 0 Å². The molecule has 0 aliphatic rings. The number of nitrogens with zero attached hydrogens (tertiary/aromatic N) is 1. The van der Waals surface area contributed by atoms with Gasteiger partial charge in [0.15, 0.2) is 11.6 Å². The Morgan fingerprint density at radius 1 is 1.56 bits per heavy atom. The number of nitrogens with one attached hydrogen (secondary N) is 1. The predicted molar refractivity (Wildman–Crippen MR) is 60.4 cm³/mol. The number of hydrogen-bond donors (Lipinski definition) is 2. The molecule has 0 aliphatic heterocycles. The number of carbonyl (C=O) groups excluding carboxylic acids is 1. The number of hydrogen-bond acceptors (Lipinski definition) is 3. The van der Waals surface area contributed by atoms with Gasteiger partial charge < -0.3 is 11.1 Å². The van der Waals surface area contributed by atoms with Crippen LogP contribution in [0.4, 0.5) is 10.2 Å². The summed E-state index contributed by atoms with van der Waals surface area (Å²) in [4.78, 5) is 15.3. The monoisotopic (exact) mass is 225 g/mol. The summed E-state index contributed by atoms with van der Waals surface area (Å²) in [7, 11) is 0. The van der Waals surface area contributed by atoms with Crippen molar-refractivity contribution in [1.82, 2.24) is 10.3 Å². The summed E-state index contributed by atoms with van der Waals surface area (Å²) in [5, 5.41) is 2.74. The van der Waals surface area contributed by atoms with Gasteiger partial charge in [-0.25, -0.2) is 9.37 Å². The van der Waals surface area contributed by atoms with E-state index in [1.807, 2.05) is 13.8 Å². The highest BCUT2D eigenvalue weighted by Gasteiger charge is 2.16. The summed E-state index contributed by atoms with van der Waals surface area (Å²) < 4.78 is 13.5. The molecule has 0 atom stereocenters. The predicted octanol–water partition coefficient (Wildman–Crippen LogP) is 1.72. The molecule has 0 bridgehead atoms. The summed E-state index contributed by atoms with van der Waals surface area (Å²) in [5.74, 6) is -1.46. The lowest BCUT2D eigenvalue weighted by atomic mass is 10.1. The molecule has 16 heavy (non-hydrogen) atoms. The van der Waals surface area contributed by atoms with Crippen molar-refractivity contribution in [2.45, 2.75) is 32.7 Å². The molecular formula is C11H16FN3O. The number of carbonyl (C=O) groups is 1. The van der Waals surface area contributed by atoms with Crippen molar-refractivity contribution in [3.05, 3.63) is 23.6 Å². The average Bonchev–Trinajstić information content (AvgIpc) is 2.29. The molecule has 0 fully saturated rings. The Kier molecular flexibility index (Phi) is 4.22. The van der Waals surface area contributed by atoms with Crippen molar-refractivity contribution < 1.29 is 9.18 Å². The van der Waals surface area contributed by atoms with Crippen LogP contribution in [0.15, 0.2) is 12.3 Å². The molecule has 5 heteroatoms. The molecule has 4 nitrogen and oxygen atoms in total. The van der Waals surface area contributed by atoms with Gasteiger partial charge in [0.25, 0.3) is 5.91 Å². The molecule has 0 saturated carbocycles. The summed E-state index contributed by atoms with van der Waals surface area (Å²) in [6, 6.07) is 1.38. The third-order valence-corrected chi connectivity index (χ3v) is 2.48. The maximum atomic E-state index is 13.5. The molecule has 0 spiro atoms. The highest BCUT2D eigenvalue weighted by atomic mass is 19.1. The zero-order valence-corrected chi connectivity index (χ0v) is 9.46. The van der Waals surface area contributed by atoms with Gasteiger partial charge in [0.1, 0.15) is 0 Å². The van der Waals surface area contributed by atoms with Crippen LogP contribution in [0, 0.1) is 5.82 Å². The van der Waals surface area contributed by atoms with Crippen LogP contribution in [0.25, 0.3) is 0 Å². The number of rotatable bonds is 4. The van der Waals surface area contributed by atoms with Gasteiger partial charge in [-0.15, -0.1) is 0 Å². The van der Waals surface area contributed by atoms with E-state index in [1.165, 1.54) is 12.3 Å². The minimum Gasteiger partial charge on any atom is -0.381 e. The van der Waals surface area contributed by atoms with Gasteiger partial charge >= 0.3 is 0 Å². The Hall–Kier alpha value is -1.65. The lowest BCUT2D eigenvalue weighted by molar-refractivity contribution is 0.0930. The van der Waals surface area contributed by atoms with Gasteiger partial charge in [-0.1, -0.05) is 13.8 Å². The molecule has 1 aromatic rings. The van der Waals surface area contributed by atoms with Crippen molar-refractivity contribution in [2.75, 3.05) is 5.73 Å². The molecular weight excluding hydrogens is 209 g/mol. The first-order valence-corrected chi connectivity index (χ1v) is 5.30. The van der Waals surface area contributed by atoms with Gasteiger partial charge in [-0.05, 0) is 18.9 Å². The zero-order chi connectivity index (χ0) is 12.1. The van der Waals surface area contributed by atoms with Crippen LogP contribution in [0.3, 0.4) is 0 Å². The van der Waals surface area contributed by atoms with Crippen molar-refractivity contribution >= 4 is 11.7 Å². The van der Waals surface area contributed by atoms with E-state index < -0.39 is 11.7 Å². The first-order valence-electron chi connectivity index (χ1n) is 5.30. The fourth-order valence-corrected chi connectivity index (χ4v) is 1.39. The Morgan fingerprint density at radius 3 is 2.75 bits per heavy atom. The number of amides is 1. The molecule has 0 aliphatic carbocycles. The second-order valence-electron chi connectivity index (χ2n) is 3.54. The Morgan fingerprint density at radius 2 is 2.19 bits per heavy atom. The number of nitrogens with two attached hydrogens (primary N) is 1. The highest BCUT2D eigenvalue weighted by molar-refractivity contribution is 5.95. The third kappa shape index (κ3) is 2.68. The van der Waals surface area contributed by atoms with Crippen LogP contribution in [-0.2, 0) is 0 Å². The van der Waals surface area contributed by atoms with Gasteiger partial charge in [0, 0.05) is 12.2 Å². The molecule has 1 amide bonds. The minimum atomic E-state index is -0.758. The fraction of sp³-hybridized carbons (Fsp3) is 0.455. The number of halogens is 1. The second-order valence-corrected chi connectivity index (χ2v) is 3.54. The van der Waals surface area contributed by atoms with Gasteiger partial charge in [0.2, 0.25) is 0 Å². The zero-order valence-electron chi connectivity index (χ0n) is 9.46. The minimum absolute atomic E-state index is 0.0561. The topological polar surface area (TPSA) is 68.0 Å². The third-order valence-electron chi connectivity index (χ3n) is 2.48. The van der Waals surface area contributed by atoms with E-state index in [4.69, 9.17) is 5.73 Å². The lowest BCUT2D eigenvalue weighted by Crippen LogP contribution is -2.34. The maximum absolute atomic E-state index is 13.5. The van der Waals surface area contributed by atoms with Crippen molar-refractivity contribution in [1.29, 1.82) is 0 Å². The van der Waals surface area contributed by atoms with Gasteiger partial charge in [0.05, 0.1) is 5.56 Å². The van der Waals surface area contributed by atoms with Crippen molar-refractivity contribution in [3.63, 3.8) is 0 Å². The smallest absolute Gasteiger partial charge is 0.254 e. The highest BCUT2D eigenvalue weighted by Crippen LogP contribution is 2.12. The van der Waals surface area contributed by atoms with Crippen LogP contribution in [-0.4, -0.2) is 16.9 Å². The molecule has 0 unspecified atom stereocenters. The molecule has 3 N–H and O–H groups in total. The maximum Gasteiger partial charge on any atom is 0.254 e. The molecule has 1 aromatic heterocycles. The van der Waals surface area contributed by atoms with Crippen LogP contribution in [0.1, 0.15) is 37.0 Å². The van der Waals surface area contributed by atoms with E-state index in [-0.39, 0.29) is 17.4 Å². The number of nitrogen functional groups attached to an aromatic ring is 1. The molecule has 1 rings (SSSR count). The Labute approximate surface area is 94.1 Å². The molecule has 1 heterocycles. The van der Waals surface area contributed by atoms with E-state index in [2.05, 4.69) is 10.3 Å². The number of pyridine rings is 1. The fourth-order valence-electron chi connectivity index (χ4n) is 1.39. The summed E-state index contributed by atoms with van der Waals surface area (Å²) in [5.41, 5.74) is 5.23. The lowest BCUT2D eigenvalue weighted by Gasteiger charge is -2.14. The van der Waals surface area contributed by atoms with Crippen LogP contribution < -0.4 is 11.1 Å². The van der Waals surface area contributed by atoms with Gasteiger partial charge in [-0.2, -0.15) is 0 Å². The van der Waals surface area contributed by atoms with E-state index in [0.29, 0.717) is 0 Å². The average molecular weight is 225 g/mol. The van der Waals surface area contributed by atoms with E-state index in [9.17, 15) is 9.18 Å². The molecule has 88 valence electrons. The first kappa shape index (κ1) is 12.4. The van der Waals surface area contributed by atoms with E-state index in [0.717, 1.165) is 12.8 Å². The van der Waals surface area contributed by atoms with E-state index >= 15 is 0 Å². The van der Waals surface area contributed by atoms with Crippen LogP contribution in [0.5, 0.6) is 0 Å². The summed E-state index contributed by atoms with van der Waals surface area (Å²) in [6.07, 6.45) is 2.94. The van der Waals surface area contributed by atoms with E-state index in [1.54, 1.807) is 0 Å². The molecule has 0 saturated heterocycles. The SMILES string of the molecule is CCC(CC)NC(=O)c1ccnc(N)c1F. The normalized spacial score (nSPS) is 10.5. The van der Waals surface area contributed by atoms with Crippen LogP contribution in [0.2, 0.25) is 0 Å². The number of anilines is 1. The largest absolute Gasteiger partial charge is 0.381 e. The second kappa shape index (κ2) is 5.44. The Balaban J connectivity index is 2.84. The quantitative estimate of drug-likeness (QED) is 0.819. The number of aromatic nitrogens is 1. The summed E-state index contributed by atoms with van der Waals surface area (Å²) in [6.45, 7) is 3.93. The standard InChI is InChI=1S/C11H16FN3O/c1-3-7(4-2)15-11(16)8-5-6-14-10(13)9(8)12/h5-7H,3-4H2,1-2H3,(H2,13,14)(H,15,16). The van der Waals surface area contributed by atoms with Gasteiger partial charge in [-0.3, -0.25) is 4.79 Å². The molecule has 0 radical (unpaired) electrons. The van der Waals surface area contributed by atoms with Crippen LogP contribution >= 0.6 is 0 Å².